The number of nitriles is 1. The molecule has 0 fully saturated rings. The van der Waals surface area contributed by atoms with Crippen molar-refractivity contribution in [3.8, 4) is 6.07 Å². The molecule has 2 aromatic rings. The van der Waals surface area contributed by atoms with Crippen LogP contribution in [-0.2, 0) is 20.0 Å². The molecule has 18 heavy (non-hydrogen) atoms. The van der Waals surface area contributed by atoms with Crippen molar-refractivity contribution < 1.29 is 0 Å². The van der Waals surface area contributed by atoms with E-state index in [4.69, 9.17) is 5.26 Å². The lowest BCUT2D eigenvalue weighted by atomic mass is 10.2. The quantitative estimate of drug-likeness (QED) is 0.887. The summed E-state index contributed by atoms with van der Waals surface area (Å²) in [6.45, 7) is 2.70. The fraction of sp³-hybridized carbons (Fsp3) is 0.308. The van der Waals surface area contributed by atoms with Crippen LogP contribution < -0.4 is 5.32 Å². The van der Waals surface area contributed by atoms with E-state index in [9.17, 15) is 0 Å². The van der Waals surface area contributed by atoms with Crippen LogP contribution in [0.25, 0.3) is 0 Å². The van der Waals surface area contributed by atoms with E-state index in [1.54, 1.807) is 23.0 Å². The Morgan fingerprint density at radius 3 is 3.06 bits per heavy atom. The Hall–Kier alpha value is -2.35. The lowest BCUT2D eigenvalue weighted by molar-refractivity contribution is 0.746. The summed E-state index contributed by atoms with van der Waals surface area (Å²) in [5.74, 6) is 0.617. The summed E-state index contributed by atoms with van der Waals surface area (Å²) in [4.78, 5) is 4.17. The standard InChI is InChI=1S/C13H15N5/c1-3-12-11(9-18(2)17-12)8-16-13-10(7-14)5-4-6-15-13/h4-6,9H,3,8H2,1-2H3,(H,15,16). The van der Waals surface area contributed by atoms with E-state index in [2.05, 4.69) is 28.4 Å². The topological polar surface area (TPSA) is 66.5 Å². The molecular formula is C13H15N5. The highest BCUT2D eigenvalue weighted by Gasteiger charge is 2.07. The van der Waals surface area contributed by atoms with Crippen molar-refractivity contribution in [1.82, 2.24) is 14.8 Å². The molecule has 0 atom stereocenters. The van der Waals surface area contributed by atoms with Crippen molar-refractivity contribution in [3.63, 3.8) is 0 Å². The second-order valence-corrected chi connectivity index (χ2v) is 3.99. The first-order valence-electron chi connectivity index (χ1n) is 5.85. The Kier molecular flexibility index (Phi) is 3.58. The Morgan fingerprint density at radius 1 is 1.50 bits per heavy atom. The van der Waals surface area contributed by atoms with Crippen LogP contribution >= 0.6 is 0 Å². The van der Waals surface area contributed by atoms with Gasteiger partial charge in [-0.15, -0.1) is 0 Å². The van der Waals surface area contributed by atoms with Gasteiger partial charge >= 0.3 is 0 Å². The number of aromatic nitrogens is 3. The molecule has 0 aliphatic carbocycles. The zero-order valence-electron chi connectivity index (χ0n) is 10.5. The maximum atomic E-state index is 8.97. The molecular weight excluding hydrogens is 226 g/mol. The number of nitrogens with zero attached hydrogens (tertiary/aromatic N) is 4. The lowest BCUT2D eigenvalue weighted by Gasteiger charge is -2.06. The summed E-state index contributed by atoms with van der Waals surface area (Å²) in [7, 11) is 1.91. The molecule has 1 N–H and O–H groups in total. The minimum Gasteiger partial charge on any atom is -0.365 e. The fourth-order valence-corrected chi connectivity index (χ4v) is 1.84. The minimum atomic E-state index is 0.555. The summed E-state index contributed by atoms with van der Waals surface area (Å²) in [5.41, 5.74) is 2.76. The van der Waals surface area contributed by atoms with Gasteiger partial charge in [0.1, 0.15) is 11.9 Å². The maximum absolute atomic E-state index is 8.97. The molecule has 0 spiro atoms. The molecule has 0 aromatic carbocycles. The number of nitrogens with one attached hydrogen (secondary N) is 1. The first-order valence-corrected chi connectivity index (χ1v) is 5.85. The van der Waals surface area contributed by atoms with Gasteiger partial charge in [-0.3, -0.25) is 4.68 Å². The monoisotopic (exact) mass is 241 g/mol. The van der Waals surface area contributed by atoms with Gasteiger partial charge in [0, 0.05) is 31.5 Å². The van der Waals surface area contributed by atoms with Crippen molar-refractivity contribution in [2.75, 3.05) is 5.32 Å². The number of hydrogen-bond acceptors (Lipinski definition) is 4. The van der Waals surface area contributed by atoms with Crippen LogP contribution in [0, 0.1) is 11.3 Å². The number of anilines is 1. The normalized spacial score (nSPS) is 10.1. The van der Waals surface area contributed by atoms with Crippen molar-refractivity contribution in [3.05, 3.63) is 41.3 Å². The number of pyridine rings is 1. The summed E-state index contributed by atoms with van der Waals surface area (Å²) >= 11 is 0. The second-order valence-electron chi connectivity index (χ2n) is 3.99. The molecule has 0 saturated carbocycles. The average molecular weight is 241 g/mol. The molecule has 5 nitrogen and oxygen atoms in total. The molecule has 0 aliphatic heterocycles. The van der Waals surface area contributed by atoms with Crippen LogP contribution in [0.1, 0.15) is 23.7 Å². The van der Waals surface area contributed by atoms with E-state index >= 15 is 0 Å². The van der Waals surface area contributed by atoms with Crippen molar-refractivity contribution >= 4 is 5.82 Å². The van der Waals surface area contributed by atoms with Gasteiger partial charge in [-0.25, -0.2) is 4.98 Å². The average Bonchev–Trinajstić information content (AvgIpc) is 2.77. The molecule has 5 heteroatoms. The van der Waals surface area contributed by atoms with Crippen molar-refractivity contribution in [1.29, 1.82) is 5.26 Å². The van der Waals surface area contributed by atoms with Crippen LogP contribution in [0.3, 0.4) is 0 Å². The van der Waals surface area contributed by atoms with Gasteiger partial charge in [0.25, 0.3) is 0 Å². The Balaban J connectivity index is 2.14. The Labute approximate surface area is 106 Å². The zero-order chi connectivity index (χ0) is 13.0. The zero-order valence-corrected chi connectivity index (χ0v) is 10.5. The van der Waals surface area contributed by atoms with E-state index < -0.39 is 0 Å². The smallest absolute Gasteiger partial charge is 0.144 e. The predicted octanol–water partition coefficient (Wildman–Crippen LogP) is 1.86. The molecule has 0 amide bonds. The van der Waals surface area contributed by atoms with Gasteiger partial charge in [0.15, 0.2) is 0 Å². The van der Waals surface area contributed by atoms with Gasteiger partial charge in [-0.2, -0.15) is 10.4 Å². The van der Waals surface area contributed by atoms with Crippen LogP contribution in [0.15, 0.2) is 24.5 Å². The Morgan fingerprint density at radius 2 is 2.33 bits per heavy atom. The molecule has 0 bridgehead atoms. The molecule has 2 heterocycles. The molecule has 0 saturated heterocycles. The highest BCUT2D eigenvalue weighted by molar-refractivity contribution is 5.51. The van der Waals surface area contributed by atoms with Gasteiger partial charge in [-0.05, 0) is 18.6 Å². The third-order valence-electron chi connectivity index (χ3n) is 2.70. The number of aryl methyl sites for hydroxylation is 2. The molecule has 0 aliphatic rings. The van der Waals surface area contributed by atoms with Crippen LogP contribution in [0.5, 0.6) is 0 Å². The third kappa shape index (κ3) is 2.48. The van der Waals surface area contributed by atoms with Gasteiger partial charge in [0.05, 0.1) is 11.3 Å². The van der Waals surface area contributed by atoms with Crippen molar-refractivity contribution in [2.45, 2.75) is 19.9 Å². The molecule has 0 unspecified atom stereocenters. The first-order chi connectivity index (χ1) is 8.74. The summed E-state index contributed by atoms with van der Waals surface area (Å²) in [5, 5.41) is 16.5. The summed E-state index contributed by atoms with van der Waals surface area (Å²) in [6.07, 6.45) is 4.55. The van der Waals surface area contributed by atoms with E-state index in [-0.39, 0.29) is 0 Å². The first kappa shape index (κ1) is 12.1. The molecule has 2 aromatic heterocycles. The van der Waals surface area contributed by atoms with E-state index in [1.165, 1.54) is 0 Å². The maximum Gasteiger partial charge on any atom is 0.144 e. The Bertz CT molecular complexity index is 579. The third-order valence-corrected chi connectivity index (χ3v) is 2.70. The van der Waals surface area contributed by atoms with Crippen molar-refractivity contribution in [2.24, 2.45) is 7.05 Å². The van der Waals surface area contributed by atoms with E-state index in [0.717, 1.165) is 17.7 Å². The highest BCUT2D eigenvalue weighted by atomic mass is 15.3. The predicted molar refractivity (Wildman–Crippen MR) is 68.9 cm³/mol. The minimum absolute atomic E-state index is 0.555. The molecule has 92 valence electrons. The second kappa shape index (κ2) is 5.32. The number of hydrogen-bond donors (Lipinski definition) is 1. The van der Waals surface area contributed by atoms with Crippen LogP contribution in [0.2, 0.25) is 0 Å². The van der Waals surface area contributed by atoms with Crippen LogP contribution in [0.4, 0.5) is 5.82 Å². The van der Waals surface area contributed by atoms with Crippen LogP contribution in [-0.4, -0.2) is 14.8 Å². The number of rotatable bonds is 4. The highest BCUT2D eigenvalue weighted by Crippen LogP contribution is 2.13. The molecule has 0 radical (unpaired) electrons. The molecule has 2 rings (SSSR count). The largest absolute Gasteiger partial charge is 0.365 e. The fourth-order valence-electron chi connectivity index (χ4n) is 1.84. The lowest BCUT2D eigenvalue weighted by Crippen LogP contribution is -2.04. The van der Waals surface area contributed by atoms with E-state index in [0.29, 0.717) is 17.9 Å². The SMILES string of the molecule is CCc1nn(C)cc1CNc1ncccc1C#N. The van der Waals surface area contributed by atoms with Gasteiger partial charge < -0.3 is 5.32 Å². The van der Waals surface area contributed by atoms with Gasteiger partial charge in [0.2, 0.25) is 0 Å². The summed E-state index contributed by atoms with van der Waals surface area (Å²) < 4.78 is 1.81. The van der Waals surface area contributed by atoms with E-state index in [1.807, 2.05) is 13.2 Å². The van der Waals surface area contributed by atoms with Gasteiger partial charge in [-0.1, -0.05) is 6.92 Å². The summed E-state index contributed by atoms with van der Waals surface area (Å²) in [6, 6.07) is 5.62.